The number of nitrogens with zero attached hydrogens (tertiary/aromatic N) is 2. The van der Waals surface area contributed by atoms with Gasteiger partial charge in [-0.2, -0.15) is 4.31 Å². The normalized spacial score (nSPS) is 14.4. The molecule has 0 aliphatic carbocycles. The molecule has 1 N–H and O–H groups in total. The summed E-state index contributed by atoms with van der Waals surface area (Å²) < 4.78 is 27.3. The number of carbonyl (C=O) groups is 2. The lowest BCUT2D eigenvalue weighted by atomic mass is 10.0. The van der Waals surface area contributed by atoms with E-state index in [0.29, 0.717) is 37.5 Å². The molecule has 1 heterocycles. The molecule has 1 fully saturated rings. The van der Waals surface area contributed by atoms with Gasteiger partial charge in [-0.3, -0.25) is 9.59 Å². The summed E-state index contributed by atoms with van der Waals surface area (Å²) in [7, 11) is -3.49. The maximum absolute atomic E-state index is 13.9. The number of aryl methyl sites for hydroxylation is 1. The summed E-state index contributed by atoms with van der Waals surface area (Å²) in [5.41, 5.74) is 2.71. The predicted molar refractivity (Wildman–Crippen MR) is 167 cm³/mol. The molecular weight excluding hydrogens is 570 g/mol. The first-order valence-corrected chi connectivity index (χ1v) is 16.5. The smallest absolute Gasteiger partial charge is 0.243 e. The quantitative estimate of drug-likeness (QED) is 0.241. The number of amides is 2. The molecule has 1 atom stereocenters. The molecular formula is C33H40ClN3O4S. The van der Waals surface area contributed by atoms with Crippen molar-refractivity contribution in [3.63, 3.8) is 0 Å². The van der Waals surface area contributed by atoms with Crippen molar-refractivity contribution in [2.24, 2.45) is 0 Å². The van der Waals surface area contributed by atoms with Gasteiger partial charge in [0.1, 0.15) is 6.04 Å². The monoisotopic (exact) mass is 609 g/mol. The van der Waals surface area contributed by atoms with E-state index >= 15 is 0 Å². The Morgan fingerprint density at radius 1 is 0.905 bits per heavy atom. The second-order valence-electron chi connectivity index (χ2n) is 10.8. The molecule has 2 amide bonds. The Morgan fingerprint density at radius 3 is 2.19 bits per heavy atom. The zero-order valence-electron chi connectivity index (χ0n) is 24.2. The van der Waals surface area contributed by atoms with Crippen molar-refractivity contribution in [2.45, 2.75) is 69.4 Å². The Kier molecular flexibility index (Phi) is 11.6. The van der Waals surface area contributed by atoms with Crippen LogP contribution in [-0.2, 0) is 39.0 Å². The highest BCUT2D eigenvalue weighted by atomic mass is 35.5. The van der Waals surface area contributed by atoms with Gasteiger partial charge in [0, 0.05) is 44.0 Å². The van der Waals surface area contributed by atoms with E-state index in [9.17, 15) is 18.0 Å². The summed E-state index contributed by atoms with van der Waals surface area (Å²) in [6.45, 7) is 3.99. The van der Waals surface area contributed by atoms with E-state index in [1.165, 1.54) is 4.31 Å². The predicted octanol–water partition coefficient (Wildman–Crippen LogP) is 5.61. The fraction of sp³-hybridized carbons (Fsp3) is 0.394. The Labute approximate surface area is 254 Å². The average molecular weight is 610 g/mol. The van der Waals surface area contributed by atoms with Gasteiger partial charge >= 0.3 is 0 Å². The van der Waals surface area contributed by atoms with Crippen LogP contribution in [0.3, 0.4) is 0 Å². The van der Waals surface area contributed by atoms with Gasteiger partial charge in [0.05, 0.1) is 4.90 Å². The number of halogens is 1. The van der Waals surface area contributed by atoms with E-state index < -0.39 is 16.1 Å². The molecule has 1 aliphatic heterocycles. The first kappa shape index (κ1) is 31.7. The van der Waals surface area contributed by atoms with Gasteiger partial charge in [-0.15, -0.1) is 0 Å². The Morgan fingerprint density at radius 2 is 1.55 bits per heavy atom. The SMILES string of the molecule is CCCCNC(=O)[C@H](Cc1ccccc1)N(Cc1ccc(Cl)cc1)C(=O)CCc1ccc(S(=O)(=O)N2CCCC2)cc1. The maximum Gasteiger partial charge on any atom is 0.243 e. The van der Waals surface area contributed by atoms with Gasteiger partial charge < -0.3 is 10.2 Å². The lowest BCUT2D eigenvalue weighted by Crippen LogP contribution is -2.50. The van der Waals surface area contributed by atoms with Crippen LogP contribution in [0.5, 0.6) is 0 Å². The third kappa shape index (κ3) is 8.66. The van der Waals surface area contributed by atoms with E-state index in [1.54, 1.807) is 41.3 Å². The molecule has 1 saturated heterocycles. The summed E-state index contributed by atoms with van der Waals surface area (Å²) in [6, 6.07) is 23.1. The molecule has 0 saturated carbocycles. The van der Waals surface area contributed by atoms with Crippen LogP contribution < -0.4 is 5.32 Å². The average Bonchev–Trinajstić information content (AvgIpc) is 3.56. The van der Waals surface area contributed by atoms with Crippen LogP contribution in [0.25, 0.3) is 0 Å². The van der Waals surface area contributed by atoms with Crippen molar-refractivity contribution < 1.29 is 18.0 Å². The molecule has 42 heavy (non-hydrogen) atoms. The summed E-state index contributed by atoms with van der Waals surface area (Å²) >= 11 is 6.11. The molecule has 3 aromatic carbocycles. The molecule has 3 aromatic rings. The van der Waals surface area contributed by atoms with Crippen LogP contribution in [0, 0.1) is 0 Å². The fourth-order valence-electron chi connectivity index (χ4n) is 5.15. The van der Waals surface area contributed by atoms with Crippen LogP contribution in [-0.4, -0.2) is 55.1 Å². The first-order valence-electron chi connectivity index (χ1n) is 14.7. The van der Waals surface area contributed by atoms with Gasteiger partial charge in [0.25, 0.3) is 0 Å². The third-order valence-corrected chi connectivity index (χ3v) is 9.79. The molecule has 0 spiro atoms. The second-order valence-corrected chi connectivity index (χ2v) is 13.1. The molecule has 9 heteroatoms. The summed E-state index contributed by atoms with van der Waals surface area (Å²) in [5, 5.41) is 3.64. The third-order valence-electron chi connectivity index (χ3n) is 7.62. The van der Waals surface area contributed by atoms with Crippen molar-refractivity contribution >= 4 is 33.4 Å². The fourth-order valence-corrected chi connectivity index (χ4v) is 6.79. The minimum atomic E-state index is -3.49. The van der Waals surface area contributed by atoms with E-state index in [0.717, 1.165) is 42.4 Å². The highest BCUT2D eigenvalue weighted by Gasteiger charge is 2.30. The number of rotatable bonds is 14. The highest BCUT2D eigenvalue weighted by Crippen LogP contribution is 2.22. The van der Waals surface area contributed by atoms with Gasteiger partial charge in [-0.05, 0) is 66.6 Å². The number of hydrogen-bond donors (Lipinski definition) is 1. The van der Waals surface area contributed by atoms with Gasteiger partial charge in [0.2, 0.25) is 21.8 Å². The van der Waals surface area contributed by atoms with Crippen LogP contribution >= 0.6 is 11.6 Å². The van der Waals surface area contributed by atoms with Gasteiger partial charge in [-0.25, -0.2) is 8.42 Å². The highest BCUT2D eigenvalue weighted by molar-refractivity contribution is 7.89. The van der Waals surface area contributed by atoms with Crippen LogP contribution in [0.2, 0.25) is 5.02 Å². The van der Waals surface area contributed by atoms with Crippen LogP contribution in [0.1, 0.15) is 55.7 Å². The van der Waals surface area contributed by atoms with Gasteiger partial charge in [0.15, 0.2) is 0 Å². The lowest BCUT2D eigenvalue weighted by Gasteiger charge is -2.32. The lowest BCUT2D eigenvalue weighted by molar-refractivity contribution is -0.141. The molecule has 0 aromatic heterocycles. The summed E-state index contributed by atoms with van der Waals surface area (Å²) in [6.07, 6.45) is 4.57. The van der Waals surface area contributed by atoms with E-state index in [1.807, 2.05) is 42.5 Å². The molecule has 224 valence electrons. The number of unbranched alkanes of at least 4 members (excludes halogenated alkanes) is 1. The van der Waals surface area contributed by atoms with E-state index in [-0.39, 0.29) is 29.7 Å². The Bertz CT molecular complexity index is 1410. The zero-order chi connectivity index (χ0) is 30.0. The standard InChI is InChI=1S/C33H40ClN3O4S/c1-2-3-21-35-33(39)31(24-27-9-5-4-6-10-27)37(25-28-11-16-29(34)17-12-28)32(38)20-15-26-13-18-30(19-14-26)42(40,41)36-22-7-8-23-36/h4-6,9-14,16-19,31H,2-3,7-8,15,20-25H2,1H3,(H,35,39)/t31-/m0/s1. The molecule has 1 aliphatic rings. The number of carbonyl (C=O) groups excluding carboxylic acids is 2. The minimum Gasteiger partial charge on any atom is -0.354 e. The van der Waals surface area contributed by atoms with Gasteiger partial charge in [-0.1, -0.05) is 79.5 Å². The van der Waals surface area contributed by atoms with Crippen molar-refractivity contribution in [1.29, 1.82) is 0 Å². The summed E-state index contributed by atoms with van der Waals surface area (Å²) in [4.78, 5) is 29.4. The molecule has 0 unspecified atom stereocenters. The second kappa shape index (κ2) is 15.3. The molecule has 0 bridgehead atoms. The number of benzene rings is 3. The van der Waals surface area contributed by atoms with Crippen LogP contribution in [0.15, 0.2) is 83.8 Å². The molecule has 0 radical (unpaired) electrons. The largest absolute Gasteiger partial charge is 0.354 e. The topological polar surface area (TPSA) is 86.8 Å². The van der Waals surface area contributed by atoms with E-state index in [2.05, 4.69) is 12.2 Å². The van der Waals surface area contributed by atoms with Crippen molar-refractivity contribution in [3.8, 4) is 0 Å². The van der Waals surface area contributed by atoms with Crippen molar-refractivity contribution in [1.82, 2.24) is 14.5 Å². The van der Waals surface area contributed by atoms with Crippen molar-refractivity contribution in [3.05, 3.63) is 101 Å². The Balaban J connectivity index is 1.54. The summed E-state index contributed by atoms with van der Waals surface area (Å²) in [5.74, 6) is -0.323. The minimum absolute atomic E-state index is 0.148. The number of nitrogens with one attached hydrogen (secondary N) is 1. The van der Waals surface area contributed by atoms with Crippen molar-refractivity contribution in [2.75, 3.05) is 19.6 Å². The molecule has 7 nitrogen and oxygen atoms in total. The Hall–Kier alpha value is -3.20. The zero-order valence-corrected chi connectivity index (χ0v) is 25.7. The maximum atomic E-state index is 13.9. The first-order chi connectivity index (χ1) is 20.3. The molecule has 4 rings (SSSR count). The van der Waals surface area contributed by atoms with Crippen LogP contribution in [0.4, 0.5) is 0 Å². The number of sulfonamides is 1. The number of hydrogen-bond acceptors (Lipinski definition) is 4. The van der Waals surface area contributed by atoms with E-state index in [4.69, 9.17) is 11.6 Å².